The van der Waals surface area contributed by atoms with Gasteiger partial charge in [-0.2, -0.15) is 0 Å². The standard InChI is InChI=1S/C14H8N4O2S3/c19-12(20)7-3-4-8-10(6-7)22-14(15-8)23-13-16-11(17-18-13)9-2-1-5-21-9/h1-6H,(H,19,20)(H,16,17,18). The molecule has 0 aliphatic carbocycles. The van der Waals surface area contributed by atoms with Gasteiger partial charge in [0, 0.05) is 0 Å². The van der Waals surface area contributed by atoms with Crippen molar-refractivity contribution in [1.29, 1.82) is 0 Å². The Hall–Kier alpha value is -2.23. The molecule has 3 aromatic heterocycles. The van der Waals surface area contributed by atoms with E-state index in [9.17, 15) is 4.79 Å². The lowest BCUT2D eigenvalue weighted by Crippen LogP contribution is -1.94. The van der Waals surface area contributed by atoms with E-state index in [4.69, 9.17) is 5.11 Å². The molecule has 0 aliphatic heterocycles. The predicted octanol–water partition coefficient (Wildman–Crippen LogP) is 3.99. The van der Waals surface area contributed by atoms with Crippen LogP contribution in [0, 0.1) is 0 Å². The largest absolute Gasteiger partial charge is 0.478 e. The number of hydrogen-bond donors (Lipinski definition) is 2. The van der Waals surface area contributed by atoms with Gasteiger partial charge in [0.25, 0.3) is 0 Å². The van der Waals surface area contributed by atoms with E-state index in [1.807, 2.05) is 17.5 Å². The Morgan fingerprint density at radius 1 is 1.26 bits per heavy atom. The average Bonchev–Trinajstić information content (AvgIpc) is 3.26. The molecule has 0 bridgehead atoms. The first-order valence-corrected chi connectivity index (χ1v) is 8.98. The Morgan fingerprint density at radius 3 is 2.96 bits per heavy atom. The zero-order chi connectivity index (χ0) is 15.8. The summed E-state index contributed by atoms with van der Waals surface area (Å²) < 4.78 is 1.61. The van der Waals surface area contributed by atoms with Crippen LogP contribution in [0.3, 0.4) is 0 Å². The number of thiazole rings is 1. The third kappa shape index (κ3) is 2.85. The molecule has 23 heavy (non-hydrogen) atoms. The second-order valence-electron chi connectivity index (χ2n) is 4.51. The number of nitrogens with one attached hydrogen (secondary N) is 1. The summed E-state index contributed by atoms with van der Waals surface area (Å²) in [6, 6.07) is 8.84. The van der Waals surface area contributed by atoms with Crippen LogP contribution in [0.25, 0.3) is 20.9 Å². The van der Waals surface area contributed by atoms with E-state index in [0.29, 0.717) is 5.16 Å². The number of carbonyl (C=O) groups is 1. The molecule has 0 aliphatic rings. The van der Waals surface area contributed by atoms with Crippen LogP contribution in [0.4, 0.5) is 0 Å². The maximum absolute atomic E-state index is 11.0. The molecule has 0 atom stereocenters. The van der Waals surface area contributed by atoms with Crippen LogP contribution in [-0.2, 0) is 0 Å². The molecule has 0 amide bonds. The Balaban J connectivity index is 1.61. The Bertz CT molecular complexity index is 991. The fraction of sp³-hybridized carbons (Fsp3) is 0. The molecule has 0 spiro atoms. The van der Waals surface area contributed by atoms with Crippen LogP contribution in [0.1, 0.15) is 10.4 Å². The smallest absolute Gasteiger partial charge is 0.335 e. The van der Waals surface area contributed by atoms with Crippen LogP contribution >= 0.6 is 34.4 Å². The molecule has 2 N–H and O–H groups in total. The van der Waals surface area contributed by atoms with Crippen molar-refractivity contribution in [3.05, 3.63) is 41.3 Å². The maximum Gasteiger partial charge on any atom is 0.335 e. The lowest BCUT2D eigenvalue weighted by molar-refractivity contribution is 0.0697. The summed E-state index contributed by atoms with van der Waals surface area (Å²) in [7, 11) is 0. The molecule has 0 saturated carbocycles. The Morgan fingerprint density at radius 2 is 2.17 bits per heavy atom. The highest BCUT2D eigenvalue weighted by atomic mass is 32.2. The Labute approximate surface area is 142 Å². The molecule has 0 unspecified atom stereocenters. The first-order chi connectivity index (χ1) is 11.2. The van der Waals surface area contributed by atoms with E-state index >= 15 is 0 Å². The summed E-state index contributed by atoms with van der Waals surface area (Å²) in [4.78, 5) is 21.0. The number of fused-ring (bicyclic) bond motifs is 1. The van der Waals surface area contributed by atoms with Gasteiger partial charge in [-0.15, -0.1) is 27.8 Å². The van der Waals surface area contributed by atoms with E-state index in [1.54, 1.807) is 29.5 Å². The first kappa shape index (κ1) is 14.4. The van der Waals surface area contributed by atoms with Gasteiger partial charge in [-0.1, -0.05) is 6.07 Å². The van der Waals surface area contributed by atoms with Crippen molar-refractivity contribution in [1.82, 2.24) is 20.2 Å². The topological polar surface area (TPSA) is 91.8 Å². The molecule has 0 radical (unpaired) electrons. The molecule has 1 aromatic carbocycles. The zero-order valence-corrected chi connectivity index (χ0v) is 13.8. The number of carboxylic acids is 1. The number of benzene rings is 1. The number of H-pyrrole nitrogens is 1. The third-order valence-corrected chi connectivity index (χ3v) is 5.83. The van der Waals surface area contributed by atoms with E-state index in [-0.39, 0.29) is 5.56 Å². The Kier molecular flexibility index (Phi) is 3.60. The van der Waals surface area contributed by atoms with Crippen LogP contribution in [0.2, 0.25) is 0 Å². The van der Waals surface area contributed by atoms with Gasteiger partial charge in [0.1, 0.15) is 0 Å². The molecule has 0 saturated heterocycles. The monoisotopic (exact) mass is 360 g/mol. The van der Waals surface area contributed by atoms with Gasteiger partial charge >= 0.3 is 5.97 Å². The van der Waals surface area contributed by atoms with Gasteiger partial charge in [-0.05, 0) is 41.4 Å². The normalized spacial score (nSPS) is 11.1. The van der Waals surface area contributed by atoms with Crippen molar-refractivity contribution >= 4 is 50.6 Å². The van der Waals surface area contributed by atoms with Gasteiger partial charge in [0.15, 0.2) is 10.2 Å². The van der Waals surface area contributed by atoms with E-state index < -0.39 is 5.97 Å². The summed E-state index contributed by atoms with van der Waals surface area (Å²) >= 11 is 4.38. The molecule has 0 fully saturated rings. The summed E-state index contributed by atoms with van der Waals surface area (Å²) in [6.45, 7) is 0. The zero-order valence-electron chi connectivity index (χ0n) is 11.4. The second-order valence-corrected chi connectivity index (χ2v) is 7.71. The minimum atomic E-state index is -0.941. The first-order valence-electron chi connectivity index (χ1n) is 6.47. The molecular formula is C14H8N4O2S3. The van der Waals surface area contributed by atoms with Crippen molar-refractivity contribution in [2.75, 3.05) is 0 Å². The minimum absolute atomic E-state index is 0.260. The van der Waals surface area contributed by atoms with E-state index in [1.165, 1.54) is 23.1 Å². The van der Waals surface area contributed by atoms with Crippen LogP contribution in [0.15, 0.2) is 45.2 Å². The SMILES string of the molecule is O=C(O)c1ccc2nc(Sc3n[nH]c(-c4cccs4)n3)sc2c1. The summed E-state index contributed by atoms with van der Waals surface area (Å²) in [5, 5.41) is 18.7. The highest BCUT2D eigenvalue weighted by Crippen LogP contribution is 2.34. The number of aromatic amines is 1. The van der Waals surface area contributed by atoms with Gasteiger partial charge in [-0.25, -0.2) is 14.8 Å². The third-order valence-electron chi connectivity index (χ3n) is 3.01. The van der Waals surface area contributed by atoms with Crippen LogP contribution in [-0.4, -0.2) is 31.2 Å². The molecule has 6 nitrogen and oxygen atoms in total. The highest BCUT2D eigenvalue weighted by molar-refractivity contribution is 8.01. The van der Waals surface area contributed by atoms with E-state index in [2.05, 4.69) is 20.2 Å². The summed E-state index contributed by atoms with van der Waals surface area (Å²) in [6.07, 6.45) is 0. The molecule has 3 heterocycles. The fourth-order valence-corrected chi connectivity index (χ4v) is 4.56. The van der Waals surface area contributed by atoms with Crippen molar-refractivity contribution in [3.63, 3.8) is 0 Å². The van der Waals surface area contributed by atoms with Gasteiger partial charge in [-0.3, -0.25) is 5.10 Å². The molecule has 9 heteroatoms. The van der Waals surface area contributed by atoms with Crippen molar-refractivity contribution in [2.45, 2.75) is 9.50 Å². The van der Waals surface area contributed by atoms with Crippen LogP contribution < -0.4 is 0 Å². The molecular weight excluding hydrogens is 352 g/mol. The van der Waals surface area contributed by atoms with Gasteiger partial charge in [0.05, 0.1) is 20.7 Å². The summed E-state index contributed by atoms with van der Waals surface area (Å²) in [5.41, 5.74) is 1.03. The number of carboxylic acid groups (broad SMARTS) is 1. The molecule has 4 aromatic rings. The number of aromatic nitrogens is 4. The van der Waals surface area contributed by atoms with Crippen molar-refractivity contribution in [2.24, 2.45) is 0 Å². The lowest BCUT2D eigenvalue weighted by atomic mass is 10.2. The summed E-state index contributed by atoms with van der Waals surface area (Å²) in [5.74, 6) is -0.208. The number of thiophene rings is 1. The second kappa shape index (κ2) is 5.76. The molecule has 4 rings (SSSR count). The van der Waals surface area contributed by atoms with Crippen molar-refractivity contribution in [3.8, 4) is 10.7 Å². The maximum atomic E-state index is 11.0. The average molecular weight is 360 g/mol. The minimum Gasteiger partial charge on any atom is -0.478 e. The highest BCUT2D eigenvalue weighted by Gasteiger charge is 2.12. The lowest BCUT2D eigenvalue weighted by Gasteiger charge is -1.91. The quantitative estimate of drug-likeness (QED) is 0.572. The fourth-order valence-electron chi connectivity index (χ4n) is 1.97. The number of rotatable bonds is 4. The number of aromatic carboxylic acids is 1. The van der Waals surface area contributed by atoms with Crippen molar-refractivity contribution < 1.29 is 9.90 Å². The van der Waals surface area contributed by atoms with Gasteiger partial charge < -0.3 is 5.11 Å². The number of hydrogen-bond acceptors (Lipinski definition) is 7. The number of nitrogens with zero attached hydrogens (tertiary/aromatic N) is 3. The predicted molar refractivity (Wildman–Crippen MR) is 90.4 cm³/mol. The molecule has 114 valence electrons. The van der Waals surface area contributed by atoms with Gasteiger partial charge in [0.2, 0.25) is 5.16 Å². The van der Waals surface area contributed by atoms with E-state index in [0.717, 1.165) is 25.3 Å². The van der Waals surface area contributed by atoms with Crippen LogP contribution in [0.5, 0.6) is 0 Å².